The average Bonchev–Trinajstić information content (AvgIpc) is 2.87. The lowest BCUT2D eigenvalue weighted by molar-refractivity contribution is 0.00197. The van der Waals surface area contributed by atoms with E-state index >= 15 is 0 Å². The molecule has 0 aliphatic carbocycles. The van der Waals surface area contributed by atoms with Crippen molar-refractivity contribution in [1.82, 2.24) is 9.80 Å². The maximum Gasteiger partial charge on any atom is 0.494 e. The standard InChI is InChI=1S/C24H37BN2O5/c1-16-10-11-18(25-31-23(6,7)24(8,9)32-25)14-19(16)20(28)26-12-13-27(17(2)15-26)21(29)30-22(3,4)5/h10-11,14,17H,12-13,15H2,1-9H3/t17-/m0/s1. The highest BCUT2D eigenvalue weighted by molar-refractivity contribution is 6.62. The Morgan fingerprint density at radius 2 is 1.69 bits per heavy atom. The first-order chi connectivity index (χ1) is 14.6. The van der Waals surface area contributed by atoms with Gasteiger partial charge in [-0.3, -0.25) is 4.79 Å². The van der Waals surface area contributed by atoms with Gasteiger partial charge in [-0.05, 0) is 79.4 Å². The van der Waals surface area contributed by atoms with Crippen molar-refractivity contribution in [1.29, 1.82) is 0 Å². The summed E-state index contributed by atoms with van der Waals surface area (Å²) in [6.07, 6.45) is -0.337. The van der Waals surface area contributed by atoms with Gasteiger partial charge in [-0.2, -0.15) is 0 Å². The first kappa shape index (κ1) is 24.6. The van der Waals surface area contributed by atoms with Gasteiger partial charge in [0.15, 0.2) is 0 Å². The predicted molar refractivity (Wildman–Crippen MR) is 125 cm³/mol. The third-order valence-electron chi connectivity index (χ3n) is 6.56. The van der Waals surface area contributed by atoms with Crippen LogP contribution in [0.4, 0.5) is 4.79 Å². The van der Waals surface area contributed by atoms with Crippen LogP contribution < -0.4 is 5.46 Å². The Morgan fingerprint density at radius 3 is 2.22 bits per heavy atom. The fourth-order valence-corrected chi connectivity index (χ4v) is 3.90. The lowest BCUT2D eigenvalue weighted by Gasteiger charge is -2.40. The Hall–Kier alpha value is -2.06. The van der Waals surface area contributed by atoms with Gasteiger partial charge in [-0.15, -0.1) is 0 Å². The van der Waals surface area contributed by atoms with Crippen molar-refractivity contribution in [2.75, 3.05) is 19.6 Å². The fraction of sp³-hybridized carbons (Fsp3) is 0.667. The van der Waals surface area contributed by atoms with Crippen LogP contribution in [0.1, 0.15) is 71.3 Å². The van der Waals surface area contributed by atoms with Crippen molar-refractivity contribution in [3.05, 3.63) is 29.3 Å². The SMILES string of the molecule is Cc1ccc(B2OC(C)(C)C(C)(C)O2)cc1C(=O)N1CCN(C(=O)OC(C)(C)C)[C@@H](C)C1. The van der Waals surface area contributed by atoms with Crippen molar-refractivity contribution in [2.45, 2.75) is 85.2 Å². The molecular weight excluding hydrogens is 407 g/mol. The highest BCUT2D eigenvalue weighted by atomic mass is 16.7. The Bertz CT molecular complexity index is 877. The summed E-state index contributed by atoms with van der Waals surface area (Å²) in [5.74, 6) is -0.0449. The third-order valence-corrected chi connectivity index (χ3v) is 6.56. The maximum atomic E-state index is 13.4. The van der Waals surface area contributed by atoms with Crippen molar-refractivity contribution in [3.63, 3.8) is 0 Å². The number of piperazine rings is 1. The molecule has 2 saturated heterocycles. The van der Waals surface area contributed by atoms with Gasteiger partial charge in [-0.25, -0.2) is 4.79 Å². The van der Waals surface area contributed by atoms with Gasteiger partial charge < -0.3 is 23.8 Å². The molecule has 0 bridgehead atoms. The van der Waals surface area contributed by atoms with Gasteiger partial charge in [0.2, 0.25) is 0 Å². The van der Waals surface area contributed by atoms with Crippen molar-refractivity contribution in [3.8, 4) is 0 Å². The summed E-state index contributed by atoms with van der Waals surface area (Å²) < 4.78 is 17.8. The second-order valence-electron chi connectivity index (χ2n) is 10.9. The molecule has 0 aromatic heterocycles. The van der Waals surface area contributed by atoms with Gasteiger partial charge in [-0.1, -0.05) is 12.1 Å². The van der Waals surface area contributed by atoms with Crippen LogP contribution >= 0.6 is 0 Å². The van der Waals surface area contributed by atoms with E-state index in [0.717, 1.165) is 11.0 Å². The molecule has 2 heterocycles. The summed E-state index contributed by atoms with van der Waals surface area (Å²) in [7, 11) is -0.518. The monoisotopic (exact) mass is 444 g/mol. The number of rotatable bonds is 2. The molecule has 3 rings (SSSR count). The van der Waals surface area contributed by atoms with Crippen LogP contribution in [-0.2, 0) is 14.0 Å². The van der Waals surface area contributed by atoms with Gasteiger partial charge in [0.25, 0.3) is 5.91 Å². The molecule has 7 nitrogen and oxygen atoms in total. The number of carbonyl (C=O) groups excluding carboxylic acids is 2. The second kappa shape index (κ2) is 8.38. The normalized spacial score (nSPS) is 22.8. The summed E-state index contributed by atoms with van der Waals surface area (Å²) >= 11 is 0. The third kappa shape index (κ3) is 4.96. The molecule has 2 aliphatic heterocycles. The Morgan fingerprint density at radius 1 is 1.09 bits per heavy atom. The van der Waals surface area contributed by atoms with Crippen LogP contribution in [0.25, 0.3) is 0 Å². The molecule has 176 valence electrons. The highest BCUT2D eigenvalue weighted by Gasteiger charge is 2.51. The molecule has 1 atom stereocenters. The van der Waals surface area contributed by atoms with E-state index in [2.05, 4.69) is 0 Å². The molecule has 0 saturated carbocycles. The number of hydrogen-bond acceptors (Lipinski definition) is 5. The zero-order valence-corrected chi connectivity index (χ0v) is 20.9. The number of ether oxygens (including phenoxy) is 1. The van der Waals surface area contributed by atoms with Crippen LogP contribution in [0.15, 0.2) is 18.2 Å². The molecule has 2 aliphatic rings. The van der Waals surface area contributed by atoms with E-state index in [1.54, 1.807) is 4.90 Å². The number of carbonyl (C=O) groups is 2. The lowest BCUT2D eigenvalue weighted by atomic mass is 9.77. The molecule has 2 fully saturated rings. The number of amides is 2. The van der Waals surface area contributed by atoms with Crippen LogP contribution in [-0.4, -0.2) is 71.4 Å². The Kier molecular flexibility index (Phi) is 6.44. The van der Waals surface area contributed by atoms with Crippen molar-refractivity contribution < 1.29 is 23.6 Å². The molecule has 1 aromatic carbocycles. The van der Waals surface area contributed by atoms with Gasteiger partial charge >= 0.3 is 13.2 Å². The van der Waals surface area contributed by atoms with E-state index in [9.17, 15) is 9.59 Å². The number of hydrogen-bond donors (Lipinski definition) is 0. The molecule has 8 heteroatoms. The highest BCUT2D eigenvalue weighted by Crippen LogP contribution is 2.36. The van der Waals surface area contributed by atoms with Crippen LogP contribution in [0.5, 0.6) is 0 Å². The van der Waals surface area contributed by atoms with Gasteiger partial charge in [0, 0.05) is 31.2 Å². The first-order valence-electron chi connectivity index (χ1n) is 11.4. The Balaban J connectivity index is 1.74. The largest absolute Gasteiger partial charge is 0.494 e. The van der Waals surface area contributed by atoms with E-state index in [0.29, 0.717) is 25.2 Å². The van der Waals surface area contributed by atoms with E-state index in [4.69, 9.17) is 14.0 Å². The first-order valence-corrected chi connectivity index (χ1v) is 11.4. The minimum atomic E-state index is -0.547. The Labute approximate surface area is 192 Å². The minimum absolute atomic E-state index is 0.0449. The molecule has 32 heavy (non-hydrogen) atoms. The van der Waals surface area contributed by atoms with E-state index < -0.39 is 23.9 Å². The summed E-state index contributed by atoms with van der Waals surface area (Å²) in [6, 6.07) is 5.64. The number of aryl methyl sites for hydroxylation is 1. The summed E-state index contributed by atoms with van der Waals surface area (Å²) in [5, 5.41) is 0. The fourth-order valence-electron chi connectivity index (χ4n) is 3.90. The average molecular weight is 444 g/mol. The summed E-state index contributed by atoms with van der Waals surface area (Å²) in [4.78, 5) is 29.4. The van der Waals surface area contributed by atoms with E-state index in [1.807, 2.05) is 85.4 Å². The molecule has 0 radical (unpaired) electrons. The smallest absolute Gasteiger partial charge is 0.444 e. The summed E-state index contributed by atoms with van der Waals surface area (Å²) in [6.45, 7) is 18.8. The zero-order valence-electron chi connectivity index (χ0n) is 20.9. The summed E-state index contributed by atoms with van der Waals surface area (Å²) in [5.41, 5.74) is 0.931. The minimum Gasteiger partial charge on any atom is -0.444 e. The molecule has 1 aromatic rings. The quantitative estimate of drug-likeness (QED) is 0.655. The molecule has 0 spiro atoms. The topological polar surface area (TPSA) is 68.3 Å². The van der Waals surface area contributed by atoms with Gasteiger partial charge in [0.1, 0.15) is 5.60 Å². The van der Waals surface area contributed by atoms with E-state index in [1.165, 1.54) is 0 Å². The molecule has 0 unspecified atom stereocenters. The van der Waals surface area contributed by atoms with Crippen LogP contribution in [0, 0.1) is 6.92 Å². The van der Waals surface area contributed by atoms with Gasteiger partial charge in [0.05, 0.1) is 11.2 Å². The maximum absolute atomic E-state index is 13.4. The van der Waals surface area contributed by atoms with Crippen LogP contribution in [0.3, 0.4) is 0 Å². The van der Waals surface area contributed by atoms with Crippen molar-refractivity contribution in [2.24, 2.45) is 0 Å². The second-order valence-corrected chi connectivity index (χ2v) is 10.9. The molecular formula is C24H37BN2O5. The van der Waals surface area contributed by atoms with Crippen LogP contribution in [0.2, 0.25) is 0 Å². The number of nitrogens with zero attached hydrogens (tertiary/aromatic N) is 2. The molecule has 2 amide bonds. The lowest BCUT2D eigenvalue weighted by Crippen LogP contribution is -2.56. The van der Waals surface area contributed by atoms with Crippen molar-refractivity contribution >= 4 is 24.6 Å². The predicted octanol–water partition coefficient (Wildman–Crippen LogP) is 3.38. The number of benzene rings is 1. The molecule has 0 N–H and O–H groups in total. The van der Waals surface area contributed by atoms with E-state index in [-0.39, 0.29) is 18.0 Å². The zero-order chi connectivity index (χ0) is 24.1.